The third-order valence-electron chi connectivity index (χ3n) is 4.03. The Balaban J connectivity index is 1.57. The quantitative estimate of drug-likeness (QED) is 0.760. The second-order valence-electron chi connectivity index (χ2n) is 5.79. The summed E-state index contributed by atoms with van der Waals surface area (Å²) < 4.78 is 0. The Kier molecular flexibility index (Phi) is 7.03. The lowest BCUT2D eigenvalue weighted by atomic mass is 9.97. The third-order valence-corrected chi connectivity index (χ3v) is 4.90. The fraction of sp³-hybridized carbons (Fsp3) is 0.688. The largest absolute Gasteiger partial charge is 0.338 e. The fourth-order valence-electron chi connectivity index (χ4n) is 2.65. The molecule has 0 aromatic carbocycles. The van der Waals surface area contributed by atoms with Crippen molar-refractivity contribution in [3.05, 3.63) is 22.4 Å². The maximum atomic E-state index is 11.6. The van der Waals surface area contributed by atoms with Gasteiger partial charge in [0.25, 0.3) is 0 Å². The molecule has 2 amide bonds. The predicted octanol–water partition coefficient (Wildman–Crippen LogP) is 3.06. The van der Waals surface area contributed by atoms with Crippen LogP contribution in [0.4, 0.5) is 4.79 Å². The highest BCUT2D eigenvalue weighted by Crippen LogP contribution is 2.20. The van der Waals surface area contributed by atoms with E-state index in [0.717, 1.165) is 45.6 Å². The number of rotatable bonds is 7. The Morgan fingerprint density at radius 1 is 1.38 bits per heavy atom. The van der Waals surface area contributed by atoms with Gasteiger partial charge in [0.05, 0.1) is 0 Å². The lowest BCUT2D eigenvalue weighted by molar-refractivity contribution is 0.176. The highest BCUT2D eigenvalue weighted by molar-refractivity contribution is 7.09. The molecular formula is C16H27N3OS. The number of nitrogens with one attached hydrogen (secondary N) is 2. The molecule has 4 nitrogen and oxygen atoms in total. The normalized spacial score (nSPS) is 16.8. The summed E-state index contributed by atoms with van der Waals surface area (Å²) in [4.78, 5) is 15.6. The maximum Gasteiger partial charge on any atom is 0.314 e. The summed E-state index contributed by atoms with van der Waals surface area (Å²) >= 11 is 1.83. The highest BCUT2D eigenvalue weighted by Gasteiger charge is 2.19. The van der Waals surface area contributed by atoms with Crippen LogP contribution in [0.3, 0.4) is 0 Å². The minimum atomic E-state index is -0.00975. The summed E-state index contributed by atoms with van der Waals surface area (Å²) in [5.41, 5.74) is 0. The number of carbonyl (C=O) groups is 1. The van der Waals surface area contributed by atoms with E-state index in [2.05, 4.69) is 40.0 Å². The van der Waals surface area contributed by atoms with E-state index in [9.17, 15) is 4.79 Å². The number of hydrogen-bond acceptors (Lipinski definition) is 3. The van der Waals surface area contributed by atoms with E-state index in [1.54, 1.807) is 0 Å². The van der Waals surface area contributed by atoms with Crippen molar-refractivity contribution in [3.63, 3.8) is 0 Å². The first-order valence-electron chi connectivity index (χ1n) is 8.04. The summed E-state index contributed by atoms with van der Waals surface area (Å²) in [6, 6.07) is 4.32. The Bertz CT molecular complexity index is 400. The Labute approximate surface area is 131 Å². The average molecular weight is 309 g/mol. The van der Waals surface area contributed by atoms with Gasteiger partial charge < -0.3 is 10.6 Å². The van der Waals surface area contributed by atoms with Crippen molar-refractivity contribution in [2.24, 2.45) is 5.92 Å². The van der Waals surface area contributed by atoms with Crippen molar-refractivity contribution in [1.29, 1.82) is 0 Å². The van der Waals surface area contributed by atoms with E-state index in [-0.39, 0.29) is 6.03 Å². The summed E-state index contributed by atoms with van der Waals surface area (Å²) in [5, 5.41) is 8.05. The van der Waals surface area contributed by atoms with Gasteiger partial charge >= 0.3 is 6.03 Å². The van der Waals surface area contributed by atoms with Crippen molar-refractivity contribution in [2.75, 3.05) is 26.2 Å². The van der Waals surface area contributed by atoms with Gasteiger partial charge in [-0.1, -0.05) is 19.4 Å². The summed E-state index contributed by atoms with van der Waals surface area (Å²) in [6.07, 6.45) is 4.53. The van der Waals surface area contributed by atoms with Crippen LogP contribution in [-0.2, 0) is 6.54 Å². The van der Waals surface area contributed by atoms with Crippen molar-refractivity contribution in [2.45, 2.75) is 39.2 Å². The number of nitrogens with zero attached hydrogens (tertiary/aromatic N) is 1. The lowest BCUT2D eigenvalue weighted by Crippen LogP contribution is -2.41. The third kappa shape index (κ3) is 6.06. The summed E-state index contributed by atoms with van der Waals surface area (Å²) in [7, 11) is 0. The molecule has 1 aromatic heterocycles. The molecule has 0 aliphatic carbocycles. The van der Waals surface area contributed by atoms with Crippen LogP contribution in [0.15, 0.2) is 17.5 Å². The molecule has 0 atom stereocenters. The van der Waals surface area contributed by atoms with Gasteiger partial charge in [0.1, 0.15) is 0 Å². The first kappa shape index (κ1) is 16.3. The number of carbonyl (C=O) groups excluding carboxylic acids is 1. The van der Waals surface area contributed by atoms with Gasteiger partial charge in [-0.15, -0.1) is 11.3 Å². The molecule has 0 saturated carbocycles. The minimum absolute atomic E-state index is 0.00975. The lowest BCUT2D eigenvalue weighted by Gasteiger charge is -2.31. The first-order valence-corrected chi connectivity index (χ1v) is 8.92. The standard InChI is InChI=1S/C16H27N3OS/c1-2-3-8-17-16(20)18-12-14-6-9-19(10-7-14)13-15-5-4-11-21-15/h4-5,11,14H,2-3,6-10,12-13H2,1H3,(H2,17,18,20). The zero-order valence-corrected chi connectivity index (χ0v) is 13.8. The van der Waals surface area contributed by atoms with Crippen LogP contribution in [0.1, 0.15) is 37.5 Å². The van der Waals surface area contributed by atoms with Crippen LogP contribution in [0.5, 0.6) is 0 Å². The highest BCUT2D eigenvalue weighted by atomic mass is 32.1. The van der Waals surface area contributed by atoms with E-state index >= 15 is 0 Å². The Morgan fingerprint density at radius 2 is 2.19 bits per heavy atom. The second kappa shape index (κ2) is 9.05. The zero-order valence-electron chi connectivity index (χ0n) is 12.9. The number of thiophene rings is 1. The van der Waals surface area contributed by atoms with Gasteiger partial charge in [-0.25, -0.2) is 4.79 Å². The van der Waals surface area contributed by atoms with Crippen LogP contribution in [0.25, 0.3) is 0 Å². The number of urea groups is 1. The number of amides is 2. The monoisotopic (exact) mass is 309 g/mol. The zero-order chi connectivity index (χ0) is 14.9. The fourth-order valence-corrected chi connectivity index (χ4v) is 3.40. The number of likely N-dealkylation sites (tertiary alicyclic amines) is 1. The molecule has 5 heteroatoms. The molecule has 118 valence electrons. The van der Waals surface area contributed by atoms with Crippen LogP contribution in [0.2, 0.25) is 0 Å². The van der Waals surface area contributed by atoms with Gasteiger partial charge in [0.2, 0.25) is 0 Å². The van der Waals surface area contributed by atoms with Crippen LogP contribution in [-0.4, -0.2) is 37.1 Å². The van der Waals surface area contributed by atoms with Gasteiger partial charge in [0.15, 0.2) is 0 Å². The van der Waals surface area contributed by atoms with E-state index in [0.29, 0.717) is 5.92 Å². The molecule has 0 radical (unpaired) electrons. The number of unbranched alkanes of at least 4 members (excludes halogenated alkanes) is 1. The van der Waals surface area contributed by atoms with Gasteiger partial charge in [-0.3, -0.25) is 4.90 Å². The SMILES string of the molecule is CCCCNC(=O)NCC1CCN(Cc2cccs2)CC1. The topological polar surface area (TPSA) is 44.4 Å². The average Bonchev–Trinajstić information content (AvgIpc) is 3.00. The Hall–Kier alpha value is -1.07. The van der Waals surface area contributed by atoms with E-state index in [1.807, 2.05) is 11.3 Å². The van der Waals surface area contributed by atoms with E-state index < -0.39 is 0 Å². The van der Waals surface area contributed by atoms with Crippen molar-refractivity contribution in [1.82, 2.24) is 15.5 Å². The van der Waals surface area contributed by atoms with Gasteiger partial charge in [0, 0.05) is 24.5 Å². The molecule has 1 fully saturated rings. The van der Waals surface area contributed by atoms with Crippen LogP contribution < -0.4 is 10.6 Å². The van der Waals surface area contributed by atoms with Crippen LogP contribution in [0, 0.1) is 5.92 Å². The number of piperidine rings is 1. The predicted molar refractivity (Wildman–Crippen MR) is 88.6 cm³/mol. The molecule has 1 aromatic rings. The minimum Gasteiger partial charge on any atom is -0.338 e. The Morgan fingerprint density at radius 3 is 2.86 bits per heavy atom. The first-order chi connectivity index (χ1) is 10.3. The molecule has 0 bridgehead atoms. The van der Waals surface area contributed by atoms with Gasteiger partial charge in [-0.05, 0) is 49.7 Å². The second-order valence-corrected chi connectivity index (χ2v) is 6.82. The van der Waals surface area contributed by atoms with E-state index in [1.165, 1.54) is 17.7 Å². The molecule has 1 saturated heterocycles. The molecule has 0 spiro atoms. The summed E-state index contributed by atoms with van der Waals surface area (Å²) in [6.45, 7) is 7.08. The molecule has 2 heterocycles. The van der Waals surface area contributed by atoms with Gasteiger partial charge in [-0.2, -0.15) is 0 Å². The molecule has 2 rings (SSSR count). The molecule has 0 unspecified atom stereocenters. The maximum absolute atomic E-state index is 11.6. The molecule has 21 heavy (non-hydrogen) atoms. The van der Waals surface area contributed by atoms with E-state index in [4.69, 9.17) is 0 Å². The molecule has 2 N–H and O–H groups in total. The molecular weight excluding hydrogens is 282 g/mol. The van der Waals surface area contributed by atoms with Crippen LogP contribution >= 0.6 is 11.3 Å². The smallest absolute Gasteiger partial charge is 0.314 e. The summed E-state index contributed by atoms with van der Waals surface area (Å²) in [5.74, 6) is 0.626. The number of hydrogen-bond donors (Lipinski definition) is 2. The molecule has 1 aliphatic heterocycles. The van der Waals surface area contributed by atoms with Crippen molar-refractivity contribution < 1.29 is 4.79 Å². The van der Waals surface area contributed by atoms with Crippen molar-refractivity contribution >= 4 is 17.4 Å². The van der Waals surface area contributed by atoms with Crippen molar-refractivity contribution in [3.8, 4) is 0 Å². The molecule has 1 aliphatic rings.